The summed E-state index contributed by atoms with van der Waals surface area (Å²) in [6.45, 7) is 4.18. The van der Waals surface area contributed by atoms with Crippen molar-refractivity contribution in [3.63, 3.8) is 0 Å². The van der Waals surface area contributed by atoms with Gasteiger partial charge in [0.25, 0.3) is 0 Å². The van der Waals surface area contributed by atoms with Crippen molar-refractivity contribution in [2.45, 2.75) is 38.6 Å². The van der Waals surface area contributed by atoms with Crippen molar-refractivity contribution in [2.24, 2.45) is 5.92 Å². The number of halogens is 2. The maximum Gasteiger partial charge on any atom is 0.226 e. The van der Waals surface area contributed by atoms with Crippen LogP contribution >= 0.6 is 11.6 Å². The maximum atomic E-state index is 13.3. The molecule has 6 nitrogen and oxygen atoms in total. The van der Waals surface area contributed by atoms with Gasteiger partial charge in [-0.1, -0.05) is 24.4 Å². The van der Waals surface area contributed by atoms with Gasteiger partial charge in [-0.05, 0) is 31.9 Å². The number of hydrogen-bond donors (Lipinski definition) is 0. The van der Waals surface area contributed by atoms with Gasteiger partial charge in [0.1, 0.15) is 23.7 Å². The van der Waals surface area contributed by atoms with Crippen LogP contribution in [0.1, 0.15) is 32.6 Å². The Balaban J connectivity index is 1.42. The number of piperazine rings is 1. The summed E-state index contributed by atoms with van der Waals surface area (Å²) >= 11 is 5.81. The van der Waals surface area contributed by atoms with Crippen LogP contribution in [0.15, 0.2) is 30.6 Å². The molecule has 0 spiro atoms. The van der Waals surface area contributed by atoms with E-state index < -0.39 is 5.82 Å². The highest BCUT2D eigenvalue weighted by Gasteiger charge is 2.33. The molecule has 0 radical (unpaired) electrons. The van der Waals surface area contributed by atoms with E-state index in [1.54, 1.807) is 6.07 Å². The molecule has 2 heterocycles. The number of benzene rings is 1. The van der Waals surface area contributed by atoms with Gasteiger partial charge in [0.2, 0.25) is 11.8 Å². The van der Waals surface area contributed by atoms with E-state index >= 15 is 0 Å². The van der Waals surface area contributed by atoms with E-state index in [1.165, 1.54) is 24.5 Å². The van der Waals surface area contributed by atoms with Crippen LogP contribution in [0.25, 0.3) is 0 Å². The SMILES string of the molecule is C[C@H]1CN(c2cc(Oc3ccc(F)c(Cl)c3)ncn2)CCN1C(=O)C1CCCC1. The molecule has 1 atom stereocenters. The second-order valence-electron chi connectivity index (χ2n) is 7.70. The lowest BCUT2D eigenvalue weighted by Crippen LogP contribution is -2.55. The summed E-state index contributed by atoms with van der Waals surface area (Å²) in [5, 5.41) is -0.00587. The fraction of sp³-hybridized carbons (Fsp3) is 0.476. The zero-order valence-electron chi connectivity index (χ0n) is 16.4. The second-order valence-corrected chi connectivity index (χ2v) is 8.11. The predicted molar refractivity (Wildman–Crippen MR) is 109 cm³/mol. The van der Waals surface area contributed by atoms with E-state index in [0.29, 0.717) is 37.2 Å². The highest BCUT2D eigenvalue weighted by molar-refractivity contribution is 6.30. The van der Waals surface area contributed by atoms with E-state index in [-0.39, 0.29) is 17.0 Å². The van der Waals surface area contributed by atoms with Crippen molar-refractivity contribution in [1.82, 2.24) is 14.9 Å². The zero-order valence-corrected chi connectivity index (χ0v) is 17.1. The highest BCUT2D eigenvalue weighted by Crippen LogP contribution is 2.30. The molecule has 4 rings (SSSR count). The summed E-state index contributed by atoms with van der Waals surface area (Å²) in [7, 11) is 0. The van der Waals surface area contributed by atoms with E-state index in [2.05, 4.69) is 21.8 Å². The van der Waals surface area contributed by atoms with Crippen molar-refractivity contribution < 1.29 is 13.9 Å². The van der Waals surface area contributed by atoms with E-state index in [0.717, 1.165) is 31.5 Å². The van der Waals surface area contributed by atoms with Crippen LogP contribution in [-0.2, 0) is 4.79 Å². The summed E-state index contributed by atoms with van der Waals surface area (Å²) in [6.07, 6.45) is 5.80. The molecule has 1 saturated heterocycles. The standard InChI is InChI=1S/C21H24ClFN4O2/c1-14-12-26(8-9-27(14)21(28)15-4-2-3-5-15)19-11-20(25-13-24-19)29-16-6-7-18(23)17(22)10-16/h6-7,10-11,13-15H,2-5,8-9,12H2,1H3/t14-/m0/s1. The molecule has 2 aliphatic rings. The number of anilines is 1. The van der Waals surface area contributed by atoms with Crippen molar-refractivity contribution in [1.29, 1.82) is 0 Å². The molecule has 1 aliphatic heterocycles. The van der Waals surface area contributed by atoms with Gasteiger partial charge in [0.05, 0.1) is 5.02 Å². The van der Waals surface area contributed by atoms with Gasteiger partial charge in [0.15, 0.2) is 0 Å². The predicted octanol–water partition coefficient (Wildman–Crippen LogP) is 4.29. The molecule has 0 bridgehead atoms. The molecule has 0 N–H and O–H groups in total. The number of hydrogen-bond acceptors (Lipinski definition) is 5. The third-order valence-electron chi connectivity index (χ3n) is 5.68. The first-order valence-corrected chi connectivity index (χ1v) is 10.4. The number of rotatable bonds is 4. The fourth-order valence-electron chi connectivity index (χ4n) is 4.12. The first-order valence-electron chi connectivity index (χ1n) is 10.0. The number of ether oxygens (including phenoxy) is 1. The van der Waals surface area contributed by atoms with Gasteiger partial charge < -0.3 is 14.5 Å². The molecule has 1 aromatic carbocycles. The molecule has 154 valence electrons. The maximum absolute atomic E-state index is 13.3. The molecule has 1 amide bonds. The molecular weight excluding hydrogens is 395 g/mol. The number of carbonyl (C=O) groups excluding carboxylic acids is 1. The second kappa shape index (κ2) is 8.53. The fourth-order valence-corrected chi connectivity index (χ4v) is 4.29. The molecule has 29 heavy (non-hydrogen) atoms. The molecule has 2 fully saturated rings. The molecule has 2 aromatic rings. The number of carbonyl (C=O) groups is 1. The Labute approximate surface area is 174 Å². The Morgan fingerprint density at radius 1 is 1.21 bits per heavy atom. The smallest absolute Gasteiger partial charge is 0.226 e. The lowest BCUT2D eigenvalue weighted by molar-refractivity contribution is -0.137. The van der Waals surface area contributed by atoms with Crippen molar-refractivity contribution in [3.8, 4) is 11.6 Å². The minimum Gasteiger partial charge on any atom is -0.439 e. The molecule has 1 aromatic heterocycles. The van der Waals surface area contributed by atoms with Gasteiger partial charge in [-0.3, -0.25) is 4.79 Å². The average Bonchev–Trinajstić information content (AvgIpc) is 3.25. The van der Waals surface area contributed by atoms with Gasteiger partial charge >= 0.3 is 0 Å². The first kappa shape index (κ1) is 19.9. The van der Waals surface area contributed by atoms with Crippen molar-refractivity contribution >= 4 is 23.3 Å². The Morgan fingerprint density at radius 3 is 2.72 bits per heavy atom. The molecule has 1 saturated carbocycles. The normalized spacial score (nSPS) is 20.2. The molecule has 0 unspecified atom stereocenters. The summed E-state index contributed by atoms with van der Waals surface area (Å²) in [5.41, 5.74) is 0. The topological polar surface area (TPSA) is 58.6 Å². The van der Waals surface area contributed by atoms with Crippen LogP contribution in [0.2, 0.25) is 5.02 Å². The molecule has 1 aliphatic carbocycles. The number of amides is 1. The van der Waals surface area contributed by atoms with Crippen LogP contribution in [0.3, 0.4) is 0 Å². The van der Waals surface area contributed by atoms with Crippen LogP contribution in [-0.4, -0.2) is 46.5 Å². The quantitative estimate of drug-likeness (QED) is 0.741. The summed E-state index contributed by atoms with van der Waals surface area (Å²) in [4.78, 5) is 25.4. The lowest BCUT2D eigenvalue weighted by Gasteiger charge is -2.41. The largest absolute Gasteiger partial charge is 0.439 e. The third-order valence-corrected chi connectivity index (χ3v) is 5.97. The van der Waals surface area contributed by atoms with Crippen molar-refractivity contribution in [3.05, 3.63) is 41.4 Å². The van der Waals surface area contributed by atoms with E-state index in [4.69, 9.17) is 16.3 Å². The Kier molecular flexibility index (Phi) is 5.85. The van der Waals surface area contributed by atoms with Crippen LogP contribution in [0.5, 0.6) is 11.6 Å². The molecule has 8 heteroatoms. The third kappa shape index (κ3) is 4.45. The number of aromatic nitrogens is 2. The lowest BCUT2D eigenvalue weighted by atomic mass is 10.0. The average molecular weight is 419 g/mol. The van der Waals surface area contributed by atoms with Crippen molar-refractivity contribution in [2.75, 3.05) is 24.5 Å². The van der Waals surface area contributed by atoms with Crippen LogP contribution in [0, 0.1) is 11.7 Å². The van der Waals surface area contributed by atoms with Gasteiger partial charge in [0, 0.05) is 43.7 Å². The zero-order chi connectivity index (χ0) is 20.4. The Bertz CT molecular complexity index is 891. The van der Waals surface area contributed by atoms with Gasteiger partial charge in [-0.15, -0.1) is 0 Å². The summed E-state index contributed by atoms with van der Waals surface area (Å²) in [6, 6.07) is 6.03. The van der Waals surface area contributed by atoms with Gasteiger partial charge in [-0.2, -0.15) is 0 Å². The summed E-state index contributed by atoms with van der Waals surface area (Å²) < 4.78 is 19.0. The first-order chi connectivity index (χ1) is 14.0. The molecular formula is C21H24ClFN4O2. The minimum absolute atomic E-state index is 0.00587. The summed E-state index contributed by atoms with van der Waals surface area (Å²) in [5.74, 6) is 1.50. The number of nitrogens with zero attached hydrogens (tertiary/aromatic N) is 4. The minimum atomic E-state index is -0.499. The van der Waals surface area contributed by atoms with Crippen LogP contribution < -0.4 is 9.64 Å². The van der Waals surface area contributed by atoms with E-state index in [9.17, 15) is 9.18 Å². The monoisotopic (exact) mass is 418 g/mol. The van der Waals surface area contributed by atoms with Gasteiger partial charge in [-0.25, -0.2) is 14.4 Å². The van der Waals surface area contributed by atoms with E-state index in [1.807, 2.05) is 4.90 Å². The Hall–Kier alpha value is -2.41. The highest BCUT2D eigenvalue weighted by atomic mass is 35.5. The van der Waals surface area contributed by atoms with Crippen LogP contribution in [0.4, 0.5) is 10.2 Å². The Morgan fingerprint density at radius 2 is 2.00 bits per heavy atom.